The van der Waals surface area contributed by atoms with E-state index in [0.29, 0.717) is 11.8 Å². The molecule has 0 saturated carbocycles. The Morgan fingerprint density at radius 1 is 0.652 bits per heavy atom. The Bertz CT molecular complexity index is 1500. The molecule has 0 nitrogen and oxygen atoms in total. The van der Waals surface area contributed by atoms with Gasteiger partial charge in [0, 0.05) is 0 Å². The van der Waals surface area contributed by atoms with Gasteiger partial charge in [-0.2, -0.15) is 47.5 Å². The van der Waals surface area contributed by atoms with Crippen molar-refractivity contribution in [2.45, 2.75) is 84.5 Å². The minimum atomic E-state index is 0. The van der Waals surface area contributed by atoms with E-state index in [0.717, 1.165) is 6.42 Å². The second-order valence-electron chi connectivity index (χ2n) is 14.0. The van der Waals surface area contributed by atoms with Crippen molar-refractivity contribution >= 4 is 3.21 Å². The van der Waals surface area contributed by atoms with Crippen molar-refractivity contribution in [1.29, 1.82) is 0 Å². The number of rotatable bonds is 4. The van der Waals surface area contributed by atoms with E-state index in [1.54, 1.807) is 27.4 Å². The predicted molar refractivity (Wildman–Crippen MR) is 188 cm³/mol. The zero-order valence-corrected chi connectivity index (χ0v) is 32.6. The fourth-order valence-electron chi connectivity index (χ4n) is 5.52. The summed E-state index contributed by atoms with van der Waals surface area (Å²) in [5.74, 6) is 1.08. The Morgan fingerprint density at radius 3 is 1.57 bits per heavy atom. The van der Waals surface area contributed by atoms with Gasteiger partial charge in [-0.25, -0.2) is 12.1 Å². The quantitative estimate of drug-likeness (QED) is 0.214. The molecule has 0 amide bonds. The monoisotopic (exact) mass is 724 g/mol. The number of fused-ring (bicyclic) bond motifs is 3. The van der Waals surface area contributed by atoms with Crippen LogP contribution < -0.4 is 24.8 Å². The summed E-state index contributed by atoms with van der Waals surface area (Å²) >= 11 is 1.54. The molecule has 0 aromatic heterocycles. The Morgan fingerprint density at radius 2 is 1.13 bits per heavy atom. The molecular weight excluding hydrogens is 679 g/mol. The van der Waals surface area contributed by atoms with Gasteiger partial charge < -0.3 is 24.8 Å². The maximum absolute atomic E-state index is 3.53. The van der Waals surface area contributed by atoms with Gasteiger partial charge in [-0.05, 0) is 17.4 Å². The largest absolute Gasteiger partial charge is 1.00 e. The normalized spacial score (nSPS) is 12.7. The molecule has 0 fully saturated rings. The molecule has 1 aliphatic rings. The maximum atomic E-state index is 3.53. The molecule has 6 rings (SSSR count). The van der Waals surface area contributed by atoms with E-state index in [1.165, 1.54) is 44.5 Å². The zero-order chi connectivity index (χ0) is 31.9. The molecule has 240 valence electrons. The molecule has 1 aliphatic carbocycles. The molecule has 0 N–H and O–H groups in total. The van der Waals surface area contributed by atoms with E-state index in [1.807, 2.05) is 30.3 Å². The summed E-state index contributed by atoms with van der Waals surface area (Å²) in [4.78, 5) is 0. The number of benzene rings is 4. The summed E-state index contributed by atoms with van der Waals surface area (Å²) < 4.78 is 1.61. The molecule has 0 saturated heterocycles. The first-order valence-corrected chi connectivity index (χ1v) is 17.1. The smallest absolute Gasteiger partial charge is 0.172 e. The third-order valence-corrected chi connectivity index (χ3v) is 10.7. The Hall–Kier alpha value is -2.44. The first-order valence-electron chi connectivity index (χ1n) is 15.9. The molecule has 3 heteroatoms. The molecule has 0 aliphatic heterocycles. The summed E-state index contributed by atoms with van der Waals surface area (Å²) in [7, 11) is 0. The van der Waals surface area contributed by atoms with Gasteiger partial charge in [0.15, 0.2) is 0 Å². The van der Waals surface area contributed by atoms with Gasteiger partial charge in [-0.15, -0.1) is 5.56 Å². The second kappa shape index (κ2) is 17.6. The van der Waals surface area contributed by atoms with E-state index < -0.39 is 0 Å². The van der Waals surface area contributed by atoms with Crippen molar-refractivity contribution in [2.24, 2.45) is 0 Å². The van der Waals surface area contributed by atoms with Crippen LogP contribution in [0.25, 0.3) is 11.1 Å². The van der Waals surface area contributed by atoms with Gasteiger partial charge in [0.05, 0.1) is 0 Å². The molecule has 5 aromatic carbocycles. The van der Waals surface area contributed by atoms with Crippen LogP contribution in [0, 0.1) is 6.07 Å². The van der Waals surface area contributed by atoms with Gasteiger partial charge in [0.1, 0.15) is 0 Å². The van der Waals surface area contributed by atoms with E-state index in [2.05, 4.69) is 152 Å². The Balaban J connectivity index is 0.000000270. The molecule has 46 heavy (non-hydrogen) atoms. The predicted octanol–water partition coefficient (Wildman–Crippen LogP) is 5.38. The minimum absolute atomic E-state index is 0. The van der Waals surface area contributed by atoms with Gasteiger partial charge >= 0.3 is 125 Å². The van der Waals surface area contributed by atoms with Gasteiger partial charge in [-0.3, -0.25) is 0 Å². The molecule has 2 unspecified atom stereocenters. The van der Waals surface area contributed by atoms with Crippen LogP contribution in [0.2, 0.25) is 0 Å². The SMILES string of the molecule is CC(C)(C)c1c[c-]c2c(c1)-c1cc(C(C)(C)C)ccc1C2.CC([C](=[Zr+2])C(C)c1ccccc1)c1ccccc1.[Cl-].[Cl-].c1cc[cH-]c1. The van der Waals surface area contributed by atoms with Crippen molar-refractivity contribution in [3.05, 3.63) is 161 Å². The standard InChI is InChI=1S/C21H25.C17H18.C5H5.2ClH.Zr/c1-20(2,3)16-9-7-14-11-15-8-10-17(21(4,5)6)13-19(15)18(14)12-16;1-14(16-9-5-3-6-10-16)13-15(2)17-11-7-4-8-12-17;1-2-4-5-3-1;;;/h7,9-10,12-13H,11H2,1-6H3;3-12,14-15H,1-2H3;1-5H;2*1H;/q-1;;-1;;;+2/p-2. The molecule has 5 aromatic rings. The van der Waals surface area contributed by atoms with Crippen LogP contribution >= 0.6 is 0 Å². The first kappa shape index (κ1) is 39.7. The van der Waals surface area contributed by atoms with Crippen molar-refractivity contribution in [3.63, 3.8) is 0 Å². The second-order valence-corrected chi connectivity index (χ2v) is 15.4. The van der Waals surface area contributed by atoms with E-state index in [-0.39, 0.29) is 35.6 Å². The Labute approximate surface area is 306 Å². The van der Waals surface area contributed by atoms with Crippen LogP contribution in [0.1, 0.15) is 101 Å². The van der Waals surface area contributed by atoms with E-state index in [4.69, 9.17) is 0 Å². The van der Waals surface area contributed by atoms with Crippen molar-refractivity contribution in [2.75, 3.05) is 0 Å². The molecular formula is C43H48Cl2Zr-2. The van der Waals surface area contributed by atoms with Crippen molar-refractivity contribution in [1.82, 2.24) is 0 Å². The van der Waals surface area contributed by atoms with Crippen LogP contribution in [-0.2, 0) is 41.5 Å². The number of hydrogen-bond donors (Lipinski definition) is 0. The molecule has 2 atom stereocenters. The fraction of sp³-hybridized carbons (Fsp3) is 0.302. The summed E-state index contributed by atoms with van der Waals surface area (Å²) in [6, 6.07) is 46.7. The summed E-state index contributed by atoms with van der Waals surface area (Å²) in [5, 5.41) is 0. The average molecular weight is 727 g/mol. The first-order chi connectivity index (χ1) is 20.9. The van der Waals surface area contributed by atoms with Gasteiger partial charge in [0.2, 0.25) is 0 Å². The fourth-order valence-corrected chi connectivity index (χ4v) is 6.34. The third-order valence-electron chi connectivity index (χ3n) is 8.61. The average Bonchev–Trinajstić information content (AvgIpc) is 3.72. The molecule has 0 heterocycles. The van der Waals surface area contributed by atoms with Crippen molar-refractivity contribution in [3.8, 4) is 11.1 Å². The summed E-state index contributed by atoms with van der Waals surface area (Å²) in [6.45, 7) is 18.3. The molecule has 0 radical (unpaired) electrons. The molecule has 0 bridgehead atoms. The summed E-state index contributed by atoms with van der Waals surface area (Å²) in [6.07, 6.45) is 1.03. The van der Waals surface area contributed by atoms with Crippen LogP contribution in [0.15, 0.2) is 121 Å². The Kier molecular flexibility index (Phi) is 15.2. The minimum Gasteiger partial charge on any atom is -1.00 e. The van der Waals surface area contributed by atoms with E-state index >= 15 is 0 Å². The third kappa shape index (κ3) is 10.5. The van der Waals surface area contributed by atoms with Crippen LogP contribution in [-0.4, -0.2) is 3.21 Å². The van der Waals surface area contributed by atoms with E-state index in [9.17, 15) is 0 Å². The number of hydrogen-bond acceptors (Lipinski definition) is 0. The van der Waals surface area contributed by atoms with Crippen LogP contribution in [0.4, 0.5) is 0 Å². The number of halogens is 2. The van der Waals surface area contributed by atoms with Gasteiger partial charge in [0.25, 0.3) is 0 Å². The molecule has 0 spiro atoms. The van der Waals surface area contributed by atoms with Gasteiger partial charge in [-0.1, -0.05) is 76.3 Å². The zero-order valence-electron chi connectivity index (χ0n) is 28.7. The van der Waals surface area contributed by atoms with Crippen LogP contribution in [0.5, 0.6) is 0 Å². The summed E-state index contributed by atoms with van der Waals surface area (Å²) in [5.41, 5.74) is 11.6. The topological polar surface area (TPSA) is 0 Å². The maximum Gasteiger partial charge on any atom is -0.172 e. The van der Waals surface area contributed by atoms with Crippen LogP contribution in [0.3, 0.4) is 0 Å². The van der Waals surface area contributed by atoms with Crippen molar-refractivity contribution < 1.29 is 49.0 Å².